The Morgan fingerprint density at radius 2 is 1.94 bits per heavy atom. The van der Waals surface area contributed by atoms with Crippen molar-refractivity contribution in [1.29, 1.82) is 5.26 Å². The molecule has 2 rings (SSSR count). The molecule has 0 spiro atoms. The van der Waals surface area contributed by atoms with Crippen LogP contribution in [0.5, 0.6) is 11.6 Å². The summed E-state index contributed by atoms with van der Waals surface area (Å²) in [6.45, 7) is 6.09. The van der Waals surface area contributed by atoms with Crippen molar-refractivity contribution >= 4 is 0 Å². The Morgan fingerprint density at radius 3 is 2.67 bits per heavy atom. The van der Waals surface area contributed by atoms with Gasteiger partial charge >= 0.3 is 0 Å². The molecule has 0 fully saturated rings. The van der Waals surface area contributed by atoms with Crippen molar-refractivity contribution in [1.82, 2.24) is 4.98 Å². The molecule has 1 heterocycles. The minimum atomic E-state index is 0.356. The molecule has 3 heteroatoms. The van der Waals surface area contributed by atoms with Gasteiger partial charge in [0.15, 0.2) is 0 Å². The van der Waals surface area contributed by atoms with Crippen LogP contribution >= 0.6 is 0 Å². The van der Waals surface area contributed by atoms with Crippen LogP contribution in [0.4, 0.5) is 0 Å². The van der Waals surface area contributed by atoms with E-state index < -0.39 is 0 Å². The van der Waals surface area contributed by atoms with Crippen molar-refractivity contribution in [2.75, 3.05) is 0 Å². The first-order chi connectivity index (χ1) is 8.60. The predicted molar refractivity (Wildman–Crippen MR) is 69.7 cm³/mol. The summed E-state index contributed by atoms with van der Waals surface area (Å²) in [7, 11) is 0. The SMILES string of the molecule is Cc1cc(C)c(C)c(Oc2cccc(C#N)n2)c1. The van der Waals surface area contributed by atoms with Gasteiger partial charge in [-0.2, -0.15) is 5.26 Å². The van der Waals surface area contributed by atoms with Crippen molar-refractivity contribution in [2.45, 2.75) is 20.8 Å². The summed E-state index contributed by atoms with van der Waals surface area (Å²) in [5.74, 6) is 1.23. The quantitative estimate of drug-likeness (QED) is 0.801. The van der Waals surface area contributed by atoms with Gasteiger partial charge in [0.1, 0.15) is 17.5 Å². The molecule has 0 aliphatic carbocycles. The minimum absolute atomic E-state index is 0.356. The zero-order chi connectivity index (χ0) is 13.1. The molecular weight excluding hydrogens is 224 g/mol. The number of nitrogens with zero attached hydrogens (tertiary/aromatic N) is 2. The first-order valence-electron chi connectivity index (χ1n) is 5.73. The van der Waals surface area contributed by atoms with E-state index in [9.17, 15) is 0 Å². The molecule has 0 aliphatic heterocycles. The molecule has 0 unspecified atom stereocenters. The fourth-order valence-corrected chi connectivity index (χ4v) is 1.75. The summed E-state index contributed by atoms with van der Waals surface area (Å²) < 4.78 is 5.75. The highest BCUT2D eigenvalue weighted by Crippen LogP contribution is 2.27. The zero-order valence-corrected chi connectivity index (χ0v) is 10.7. The first kappa shape index (κ1) is 12.1. The number of nitriles is 1. The lowest BCUT2D eigenvalue weighted by Crippen LogP contribution is -1.94. The molecule has 0 N–H and O–H groups in total. The number of hydrogen-bond donors (Lipinski definition) is 0. The largest absolute Gasteiger partial charge is 0.439 e. The lowest BCUT2D eigenvalue weighted by atomic mass is 10.1. The maximum atomic E-state index is 8.80. The van der Waals surface area contributed by atoms with E-state index in [4.69, 9.17) is 10.00 Å². The average molecular weight is 238 g/mol. The number of hydrogen-bond acceptors (Lipinski definition) is 3. The maximum Gasteiger partial charge on any atom is 0.220 e. The molecular formula is C15H14N2O. The van der Waals surface area contributed by atoms with Crippen LogP contribution in [0.15, 0.2) is 30.3 Å². The molecule has 2 aromatic rings. The molecule has 0 saturated heterocycles. The summed E-state index contributed by atoms with van der Waals surface area (Å²) in [6, 6.07) is 11.3. The monoisotopic (exact) mass is 238 g/mol. The molecule has 0 aliphatic rings. The van der Waals surface area contributed by atoms with E-state index in [1.165, 1.54) is 5.56 Å². The molecule has 0 amide bonds. The van der Waals surface area contributed by atoms with Gasteiger partial charge in [-0.05, 0) is 49.6 Å². The number of rotatable bonds is 2. The van der Waals surface area contributed by atoms with Gasteiger partial charge in [0, 0.05) is 6.07 Å². The molecule has 0 saturated carbocycles. The second kappa shape index (κ2) is 4.89. The van der Waals surface area contributed by atoms with Crippen LogP contribution < -0.4 is 4.74 Å². The van der Waals surface area contributed by atoms with Crippen LogP contribution in [0.1, 0.15) is 22.4 Å². The molecule has 0 atom stereocenters. The van der Waals surface area contributed by atoms with Crippen LogP contribution in [0.25, 0.3) is 0 Å². The normalized spacial score (nSPS) is 9.89. The predicted octanol–water partition coefficient (Wildman–Crippen LogP) is 3.67. The number of aromatic nitrogens is 1. The van der Waals surface area contributed by atoms with E-state index in [0.29, 0.717) is 11.6 Å². The number of benzene rings is 1. The Morgan fingerprint density at radius 1 is 1.17 bits per heavy atom. The molecule has 90 valence electrons. The van der Waals surface area contributed by atoms with E-state index in [1.807, 2.05) is 32.9 Å². The zero-order valence-electron chi connectivity index (χ0n) is 10.7. The summed E-state index contributed by atoms with van der Waals surface area (Å²) in [5, 5.41) is 8.80. The van der Waals surface area contributed by atoms with E-state index >= 15 is 0 Å². The number of pyridine rings is 1. The summed E-state index contributed by atoms with van der Waals surface area (Å²) in [5.41, 5.74) is 3.77. The van der Waals surface area contributed by atoms with Crippen LogP contribution in [0.3, 0.4) is 0 Å². The first-order valence-corrected chi connectivity index (χ1v) is 5.73. The number of aryl methyl sites for hydroxylation is 2. The van der Waals surface area contributed by atoms with Gasteiger partial charge in [0.25, 0.3) is 0 Å². The fraction of sp³-hybridized carbons (Fsp3) is 0.200. The van der Waals surface area contributed by atoms with Crippen LogP contribution in [0, 0.1) is 32.1 Å². The standard InChI is InChI=1S/C15H14N2O/c1-10-7-11(2)12(3)14(8-10)18-15-6-4-5-13(9-16)17-15/h4-8H,1-3H3. The van der Waals surface area contributed by atoms with Crippen molar-refractivity contribution in [3.05, 3.63) is 52.7 Å². The summed E-state index contributed by atoms with van der Waals surface area (Å²) >= 11 is 0. The lowest BCUT2D eigenvalue weighted by molar-refractivity contribution is 0.458. The van der Waals surface area contributed by atoms with Crippen molar-refractivity contribution in [3.8, 4) is 17.7 Å². The molecule has 0 radical (unpaired) electrons. The van der Waals surface area contributed by atoms with Gasteiger partial charge in [-0.15, -0.1) is 0 Å². The fourth-order valence-electron chi connectivity index (χ4n) is 1.75. The molecule has 1 aromatic carbocycles. The summed E-state index contributed by atoms with van der Waals surface area (Å²) in [6.07, 6.45) is 0. The molecule has 18 heavy (non-hydrogen) atoms. The van der Waals surface area contributed by atoms with E-state index in [1.54, 1.807) is 18.2 Å². The molecule has 3 nitrogen and oxygen atoms in total. The van der Waals surface area contributed by atoms with Gasteiger partial charge in [0.2, 0.25) is 5.88 Å². The Balaban J connectivity index is 2.37. The Kier molecular flexibility index (Phi) is 3.29. The van der Waals surface area contributed by atoms with Gasteiger partial charge < -0.3 is 4.74 Å². The van der Waals surface area contributed by atoms with Crippen LogP contribution in [-0.2, 0) is 0 Å². The van der Waals surface area contributed by atoms with E-state index in [2.05, 4.69) is 11.1 Å². The van der Waals surface area contributed by atoms with Crippen LogP contribution in [-0.4, -0.2) is 4.98 Å². The van der Waals surface area contributed by atoms with E-state index in [0.717, 1.165) is 16.9 Å². The van der Waals surface area contributed by atoms with Gasteiger partial charge in [-0.3, -0.25) is 0 Å². The third kappa shape index (κ3) is 2.49. The lowest BCUT2D eigenvalue weighted by Gasteiger charge is -2.11. The highest BCUT2D eigenvalue weighted by molar-refractivity contribution is 5.43. The second-order valence-electron chi connectivity index (χ2n) is 4.28. The van der Waals surface area contributed by atoms with Crippen molar-refractivity contribution < 1.29 is 4.74 Å². The highest BCUT2D eigenvalue weighted by Gasteiger charge is 2.06. The number of ether oxygens (including phenoxy) is 1. The maximum absolute atomic E-state index is 8.80. The van der Waals surface area contributed by atoms with Crippen LogP contribution in [0.2, 0.25) is 0 Å². The second-order valence-corrected chi connectivity index (χ2v) is 4.28. The molecule has 0 bridgehead atoms. The minimum Gasteiger partial charge on any atom is -0.439 e. The Hall–Kier alpha value is -2.34. The van der Waals surface area contributed by atoms with Crippen molar-refractivity contribution in [3.63, 3.8) is 0 Å². The third-order valence-electron chi connectivity index (χ3n) is 2.82. The summed E-state index contributed by atoms with van der Waals surface area (Å²) in [4.78, 5) is 4.10. The van der Waals surface area contributed by atoms with Gasteiger partial charge in [-0.1, -0.05) is 12.1 Å². The van der Waals surface area contributed by atoms with Gasteiger partial charge in [0.05, 0.1) is 0 Å². The average Bonchev–Trinajstić information content (AvgIpc) is 2.35. The van der Waals surface area contributed by atoms with Crippen molar-refractivity contribution in [2.24, 2.45) is 0 Å². The van der Waals surface area contributed by atoms with E-state index in [-0.39, 0.29) is 0 Å². The molecule has 1 aromatic heterocycles. The smallest absolute Gasteiger partial charge is 0.220 e. The Labute approximate surface area is 107 Å². The van der Waals surface area contributed by atoms with Gasteiger partial charge in [-0.25, -0.2) is 4.98 Å². The topological polar surface area (TPSA) is 45.9 Å². The third-order valence-corrected chi connectivity index (χ3v) is 2.82. The Bertz CT molecular complexity index is 627. The highest BCUT2D eigenvalue weighted by atomic mass is 16.5.